The first-order valence-electron chi connectivity index (χ1n) is 12.0. The topological polar surface area (TPSA) is 109 Å². The summed E-state index contributed by atoms with van der Waals surface area (Å²) in [7, 11) is 1.62. The van der Waals surface area contributed by atoms with Crippen molar-refractivity contribution < 1.29 is 24.3 Å². The summed E-state index contributed by atoms with van der Waals surface area (Å²) in [6.45, 7) is 1.47. The van der Waals surface area contributed by atoms with E-state index in [2.05, 4.69) is 15.0 Å². The first kappa shape index (κ1) is 22.8. The number of hydrogen-bond donors (Lipinski definition) is 2. The maximum Gasteiger partial charge on any atom is 0.308 e. The molecule has 5 rings (SSSR count). The van der Waals surface area contributed by atoms with Crippen molar-refractivity contribution >= 4 is 16.9 Å². The van der Waals surface area contributed by atoms with Gasteiger partial charge in [-0.3, -0.25) is 14.7 Å². The SMILES string of the molecule is COc1ccc2nccc([C@@H](O)CC[C@@H]3CCN(C4CC(c5ccno5)C4)C[C@@H]3C(=O)O)c2c1. The number of carbonyl (C=O) groups is 1. The highest BCUT2D eigenvalue weighted by molar-refractivity contribution is 5.83. The number of hydrogen-bond acceptors (Lipinski definition) is 7. The molecule has 1 saturated heterocycles. The third kappa shape index (κ3) is 4.52. The standard InChI is InChI=1S/C26H31N3O5/c1-33-19-3-4-23-21(14-19)20(6-9-27-23)24(30)5-2-16-8-11-29(15-22(16)26(31)32)18-12-17(13-18)25-7-10-28-34-25/h3-4,6-7,9-10,14,16-18,22,24,30H,2,5,8,11-13,15H2,1H3,(H,31,32)/t16-,17?,18?,22+,24+/m1/s1. The van der Waals surface area contributed by atoms with E-state index >= 15 is 0 Å². The molecular weight excluding hydrogens is 434 g/mol. The summed E-state index contributed by atoms with van der Waals surface area (Å²) in [5, 5.41) is 25.6. The molecule has 2 fully saturated rings. The van der Waals surface area contributed by atoms with Crippen molar-refractivity contribution in [1.29, 1.82) is 0 Å². The van der Waals surface area contributed by atoms with Gasteiger partial charge in [0.2, 0.25) is 0 Å². The van der Waals surface area contributed by atoms with Gasteiger partial charge in [0, 0.05) is 36.2 Å². The van der Waals surface area contributed by atoms with E-state index in [0.717, 1.165) is 48.0 Å². The molecule has 1 aliphatic carbocycles. The molecule has 1 aliphatic heterocycles. The minimum atomic E-state index is -0.741. The Bertz CT molecular complexity index is 1130. The second kappa shape index (κ2) is 9.72. The quantitative estimate of drug-likeness (QED) is 0.514. The van der Waals surface area contributed by atoms with E-state index in [1.165, 1.54) is 0 Å². The van der Waals surface area contributed by atoms with E-state index < -0.39 is 18.0 Å². The van der Waals surface area contributed by atoms with Gasteiger partial charge in [-0.1, -0.05) is 5.16 Å². The van der Waals surface area contributed by atoms with Crippen molar-refractivity contribution in [3.8, 4) is 5.75 Å². The highest BCUT2D eigenvalue weighted by Crippen LogP contribution is 2.42. The van der Waals surface area contributed by atoms with Gasteiger partial charge in [0.05, 0.1) is 30.8 Å². The predicted molar refractivity (Wildman–Crippen MR) is 126 cm³/mol. The average molecular weight is 466 g/mol. The number of carboxylic acid groups (broad SMARTS) is 1. The maximum atomic E-state index is 12.1. The number of nitrogens with zero attached hydrogens (tertiary/aromatic N) is 3. The maximum absolute atomic E-state index is 12.1. The van der Waals surface area contributed by atoms with Crippen molar-refractivity contribution in [3.05, 3.63) is 54.0 Å². The number of likely N-dealkylation sites (tertiary alicyclic amines) is 1. The second-order valence-corrected chi connectivity index (χ2v) is 9.60. The summed E-state index contributed by atoms with van der Waals surface area (Å²) in [4.78, 5) is 18.8. The Balaban J connectivity index is 1.20. The summed E-state index contributed by atoms with van der Waals surface area (Å²) in [6.07, 6.45) is 6.70. The van der Waals surface area contributed by atoms with E-state index in [1.54, 1.807) is 19.5 Å². The molecule has 0 bridgehead atoms. The zero-order chi connectivity index (χ0) is 23.7. The van der Waals surface area contributed by atoms with Crippen LogP contribution in [0.3, 0.4) is 0 Å². The summed E-state index contributed by atoms with van der Waals surface area (Å²) in [5.74, 6) is 0.924. The lowest BCUT2D eigenvalue weighted by molar-refractivity contribution is -0.147. The molecule has 2 N–H and O–H groups in total. The third-order valence-corrected chi connectivity index (χ3v) is 7.75. The van der Waals surface area contributed by atoms with Crippen molar-refractivity contribution in [2.75, 3.05) is 20.2 Å². The number of fused-ring (bicyclic) bond motifs is 1. The van der Waals surface area contributed by atoms with Crippen LogP contribution in [0.25, 0.3) is 10.9 Å². The minimum Gasteiger partial charge on any atom is -0.497 e. The molecule has 8 nitrogen and oxygen atoms in total. The first-order chi connectivity index (χ1) is 16.5. The molecule has 0 amide bonds. The minimum absolute atomic E-state index is 0.0520. The van der Waals surface area contributed by atoms with Gasteiger partial charge in [-0.2, -0.15) is 0 Å². The van der Waals surface area contributed by atoms with E-state index in [1.807, 2.05) is 30.3 Å². The first-order valence-corrected chi connectivity index (χ1v) is 12.0. The summed E-state index contributed by atoms with van der Waals surface area (Å²) >= 11 is 0. The van der Waals surface area contributed by atoms with Crippen LogP contribution in [0.5, 0.6) is 5.75 Å². The van der Waals surface area contributed by atoms with Crippen molar-refractivity contribution in [3.63, 3.8) is 0 Å². The molecule has 2 aliphatic rings. The molecule has 34 heavy (non-hydrogen) atoms. The Morgan fingerprint density at radius 2 is 2.12 bits per heavy atom. The van der Waals surface area contributed by atoms with Crippen LogP contribution < -0.4 is 4.74 Å². The van der Waals surface area contributed by atoms with Gasteiger partial charge in [0.1, 0.15) is 11.5 Å². The number of carboxylic acids is 1. The number of aliphatic hydroxyl groups excluding tert-OH is 1. The number of aliphatic carboxylic acids is 1. The molecule has 1 aromatic carbocycles. The number of piperidine rings is 1. The number of aliphatic hydroxyl groups is 1. The smallest absolute Gasteiger partial charge is 0.308 e. The Morgan fingerprint density at radius 1 is 1.26 bits per heavy atom. The molecule has 3 aromatic rings. The second-order valence-electron chi connectivity index (χ2n) is 9.60. The lowest BCUT2D eigenvalue weighted by Crippen LogP contribution is -2.52. The Hall–Kier alpha value is -2.97. The molecule has 8 heteroatoms. The summed E-state index contributed by atoms with van der Waals surface area (Å²) in [5.41, 5.74) is 1.61. The number of methoxy groups -OCH3 is 1. The van der Waals surface area contributed by atoms with E-state index in [-0.39, 0.29) is 5.92 Å². The van der Waals surface area contributed by atoms with Crippen LogP contribution in [-0.4, -0.2) is 57.5 Å². The molecule has 3 heterocycles. The van der Waals surface area contributed by atoms with Crippen LogP contribution in [-0.2, 0) is 4.79 Å². The molecule has 180 valence electrons. The fourth-order valence-corrected chi connectivity index (χ4v) is 5.63. The average Bonchev–Trinajstić information content (AvgIpc) is 3.35. The molecule has 1 saturated carbocycles. The third-order valence-electron chi connectivity index (χ3n) is 7.75. The van der Waals surface area contributed by atoms with Gasteiger partial charge < -0.3 is 19.5 Å². The fourth-order valence-electron chi connectivity index (χ4n) is 5.63. The number of aromatic nitrogens is 2. The Morgan fingerprint density at radius 3 is 2.85 bits per heavy atom. The molecule has 0 unspecified atom stereocenters. The number of rotatable bonds is 8. The fraction of sp³-hybridized carbons (Fsp3) is 0.500. The Kier molecular flexibility index (Phi) is 6.52. The largest absolute Gasteiger partial charge is 0.497 e. The monoisotopic (exact) mass is 465 g/mol. The number of benzene rings is 1. The van der Waals surface area contributed by atoms with E-state index in [4.69, 9.17) is 9.26 Å². The number of pyridine rings is 1. The van der Waals surface area contributed by atoms with Crippen molar-refractivity contribution in [1.82, 2.24) is 15.0 Å². The Labute approximate surface area is 198 Å². The lowest BCUT2D eigenvalue weighted by Gasteiger charge is -2.46. The highest BCUT2D eigenvalue weighted by Gasteiger charge is 2.42. The van der Waals surface area contributed by atoms with Crippen molar-refractivity contribution in [2.24, 2.45) is 11.8 Å². The van der Waals surface area contributed by atoms with Crippen LogP contribution >= 0.6 is 0 Å². The van der Waals surface area contributed by atoms with Gasteiger partial charge >= 0.3 is 5.97 Å². The van der Waals surface area contributed by atoms with Gasteiger partial charge in [-0.25, -0.2) is 0 Å². The highest BCUT2D eigenvalue weighted by atomic mass is 16.5. The van der Waals surface area contributed by atoms with Gasteiger partial charge in [-0.15, -0.1) is 0 Å². The summed E-state index contributed by atoms with van der Waals surface area (Å²) in [6, 6.07) is 9.79. The molecule has 2 aromatic heterocycles. The predicted octanol–water partition coefficient (Wildman–Crippen LogP) is 4.01. The zero-order valence-corrected chi connectivity index (χ0v) is 19.3. The van der Waals surface area contributed by atoms with Crippen LogP contribution in [0, 0.1) is 11.8 Å². The van der Waals surface area contributed by atoms with Crippen LogP contribution in [0.4, 0.5) is 0 Å². The van der Waals surface area contributed by atoms with Crippen LogP contribution in [0.2, 0.25) is 0 Å². The zero-order valence-electron chi connectivity index (χ0n) is 19.3. The van der Waals surface area contributed by atoms with E-state index in [9.17, 15) is 15.0 Å². The molecule has 0 spiro atoms. The number of ether oxygens (including phenoxy) is 1. The molecular formula is C26H31N3O5. The van der Waals surface area contributed by atoms with Gasteiger partial charge in [-0.05, 0) is 74.4 Å². The van der Waals surface area contributed by atoms with Crippen molar-refractivity contribution in [2.45, 2.75) is 50.2 Å². The lowest BCUT2D eigenvalue weighted by atomic mass is 9.75. The normalized spacial score (nSPS) is 26.2. The van der Waals surface area contributed by atoms with Crippen LogP contribution in [0.15, 0.2) is 47.2 Å². The van der Waals surface area contributed by atoms with E-state index in [0.29, 0.717) is 37.1 Å². The van der Waals surface area contributed by atoms with Crippen LogP contribution in [0.1, 0.15) is 55.4 Å². The molecule has 3 atom stereocenters. The summed E-state index contributed by atoms with van der Waals surface area (Å²) < 4.78 is 10.6. The van der Waals surface area contributed by atoms with Gasteiger partial charge in [0.25, 0.3) is 0 Å². The van der Waals surface area contributed by atoms with Gasteiger partial charge in [0.15, 0.2) is 0 Å². The molecule has 0 radical (unpaired) electrons.